The molecule has 4 aromatic carbocycles. The fraction of sp³-hybridized carbons (Fsp3) is 0.0833. The van der Waals surface area contributed by atoms with Gasteiger partial charge in [-0.15, -0.1) is 0 Å². The van der Waals surface area contributed by atoms with Crippen molar-refractivity contribution in [3.63, 3.8) is 0 Å². The van der Waals surface area contributed by atoms with Gasteiger partial charge in [-0.2, -0.15) is 0 Å². The molecule has 0 heterocycles. The van der Waals surface area contributed by atoms with Gasteiger partial charge < -0.3 is 10.2 Å². The molecule has 0 aliphatic carbocycles. The molecule has 0 spiro atoms. The van der Waals surface area contributed by atoms with Gasteiger partial charge in [0.2, 0.25) is 0 Å². The first-order valence-electron chi connectivity index (χ1n) is 9.04. The summed E-state index contributed by atoms with van der Waals surface area (Å²) in [6.45, 7) is 0. The van der Waals surface area contributed by atoms with E-state index in [0.29, 0.717) is 34.7 Å². The highest BCUT2D eigenvalue weighted by molar-refractivity contribution is 6.06. The average Bonchev–Trinajstić information content (AvgIpc) is 2.70. The summed E-state index contributed by atoms with van der Waals surface area (Å²) in [6.07, 6.45) is 0.899. The van der Waals surface area contributed by atoms with E-state index in [9.17, 15) is 19.8 Å². The Kier molecular flexibility index (Phi) is 4.53. The van der Waals surface area contributed by atoms with Crippen LogP contribution in [0.5, 0.6) is 0 Å². The molecule has 28 heavy (non-hydrogen) atoms. The summed E-state index contributed by atoms with van der Waals surface area (Å²) in [4.78, 5) is 23.8. The second kappa shape index (κ2) is 7.16. The molecule has 0 fully saturated rings. The summed E-state index contributed by atoms with van der Waals surface area (Å²) in [5.74, 6) is -1.94. The van der Waals surface area contributed by atoms with Crippen LogP contribution in [0.2, 0.25) is 0 Å². The number of carbonyl (C=O) groups is 2. The maximum atomic E-state index is 11.9. The quantitative estimate of drug-likeness (QED) is 0.508. The molecule has 4 rings (SSSR count). The lowest BCUT2D eigenvalue weighted by Gasteiger charge is -2.12. The van der Waals surface area contributed by atoms with Crippen LogP contribution in [-0.4, -0.2) is 22.2 Å². The molecule has 0 radical (unpaired) electrons. The zero-order chi connectivity index (χ0) is 19.7. The van der Waals surface area contributed by atoms with Crippen LogP contribution in [0.3, 0.4) is 0 Å². The molecule has 4 heteroatoms. The number of aryl methyl sites for hydroxylation is 2. The number of hydrogen-bond acceptors (Lipinski definition) is 2. The molecule has 0 aliphatic heterocycles. The Bertz CT molecular complexity index is 1130. The van der Waals surface area contributed by atoms with Crippen LogP contribution < -0.4 is 0 Å². The first-order valence-corrected chi connectivity index (χ1v) is 9.04. The fourth-order valence-corrected chi connectivity index (χ4v) is 3.82. The molecule has 0 amide bonds. The highest BCUT2D eigenvalue weighted by atomic mass is 16.4. The first kappa shape index (κ1) is 17.7. The number of carboxylic acid groups (broad SMARTS) is 2. The van der Waals surface area contributed by atoms with Crippen LogP contribution in [0.25, 0.3) is 21.5 Å². The van der Waals surface area contributed by atoms with Gasteiger partial charge in [0.25, 0.3) is 0 Å². The normalized spacial score (nSPS) is 11.0. The van der Waals surface area contributed by atoms with E-state index in [1.165, 1.54) is 0 Å². The monoisotopic (exact) mass is 370 g/mol. The van der Waals surface area contributed by atoms with E-state index in [4.69, 9.17) is 0 Å². The molecular formula is C24H18O4. The van der Waals surface area contributed by atoms with Crippen molar-refractivity contribution in [3.8, 4) is 0 Å². The zero-order valence-corrected chi connectivity index (χ0v) is 15.1. The van der Waals surface area contributed by atoms with Crippen molar-refractivity contribution < 1.29 is 19.8 Å². The lowest BCUT2D eigenvalue weighted by atomic mass is 9.91. The molecule has 0 saturated carbocycles. The third-order valence-corrected chi connectivity index (χ3v) is 5.12. The lowest BCUT2D eigenvalue weighted by molar-refractivity contribution is 0.0686. The number of rotatable bonds is 5. The van der Waals surface area contributed by atoms with Crippen molar-refractivity contribution in [2.75, 3.05) is 0 Å². The summed E-state index contributed by atoms with van der Waals surface area (Å²) in [6, 6.07) is 22.3. The van der Waals surface area contributed by atoms with Gasteiger partial charge >= 0.3 is 11.9 Å². The molecule has 138 valence electrons. The van der Waals surface area contributed by atoms with Crippen molar-refractivity contribution in [3.05, 3.63) is 95.1 Å². The summed E-state index contributed by atoms with van der Waals surface area (Å²) >= 11 is 0. The van der Waals surface area contributed by atoms with E-state index >= 15 is 0 Å². The van der Waals surface area contributed by atoms with Crippen LogP contribution in [-0.2, 0) is 12.8 Å². The summed E-state index contributed by atoms with van der Waals surface area (Å²) in [5.41, 5.74) is 1.98. The summed E-state index contributed by atoms with van der Waals surface area (Å²) < 4.78 is 0. The second-order valence-corrected chi connectivity index (χ2v) is 6.75. The Morgan fingerprint density at radius 1 is 0.571 bits per heavy atom. The Hall–Kier alpha value is -3.66. The van der Waals surface area contributed by atoms with Gasteiger partial charge in [0.1, 0.15) is 0 Å². The second-order valence-electron chi connectivity index (χ2n) is 6.75. The fourth-order valence-electron chi connectivity index (χ4n) is 3.82. The van der Waals surface area contributed by atoms with E-state index in [0.717, 1.165) is 10.8 Å². The molecule has 4 aromatic rings. The highest BCUT2D eigenvalue weighted by Crippen LogP contribution is 2.27. The molecule has 0 aliphatic rings. The standard InChI is InChI=1S/C24H18O4/c25-23(26)21-17(11-9-15-5-1-3-7-19(15)21)13-14-18-12-10-16-6-2-4-8-20(16)22(18)24(27)28/h1-12H,13-14H2,(H,25,26)(H,27,28). The van der Waals surface area contributed by atoms with Crippen LogP contribution in [0, 0.1) is 0 Å². The van der Waals surface area contributed by atoms with Gasteiger partial charge in [0.05, 0.1) is 11.1 Å². The highest BCUT2D eigenvalue weighted by Gasteiger charge is 2.17. The predicted molar refractivity (Wildman–Crippen MR) is 109 cm³/mol. The largest absolute Gasteiger partial charge is 0.478 e. The van der Waals surface area contributed by atoms with Crippen LogP contribution in [0.1, 0.15) is 31.8 Å². The summed E-state index contributed by atoms with van der Waals surface area (Å²) in [7, 11) is 0. The van der Waals surface area contributed by atoms with E-state index in [-0.39, 0.29) is 11.1 Å². The number of carboxylic acids is 2. The number of aromatic carboxylic acids is 2. The van der Waals surface area contributed by atoms with E-state index in [1.807, 2.05) is 60.7 Å². The van der Waals surface area contributed by atoms with Crippen molar-refractivity contribution in [2.24, 2.45) is 0 Å². The van der Waals surface area contributed by atoms with Gasteiger partial charge in [-0.1, -0.05) is 72.8 Å². The maximum absolute atomic E-state index is 11.9. The van der Waals surface area contributed by atoms with Gasteiger partial charge in [-0.25, -0.2) is 9.59 Å². The maximum Gasteiger partial charge on any atom is 0.336 e. The van der Waals surface area contributed by atoms with Crippen molar-refractivity contribution in [1.29, 1.82) is 0 Å². The molecule has 0 atom stereocenters. The van der Waals surface area contributed by atoms with Gasteiger partial charge in [-0.05, 0) is 45.5 Å². The summed E-state index contributed by atoms with van der Waals surface area (Å²) in [5, 5.41) is 22.7. The zero-order valence-electron chi connectivity index (χ0n) is 15.1. The Morgan fingerprint density at radius 3 is 1.36 bits per heavy atom. The van der Waals surface area contributed by atoms with E-state index in [2.05, 4.69) is 0 Å². The average molecular weight is 370 g/mol. The van der Waals surface area contributed by atoms with Crippen LogP contribution in [0.4, 0.5) is 0 Å². The molecule has 0 saturated heterocycles. The number of fused-ring (bicyclic) bond motifs is 2. The minimum atomic E-state index is -0.969. The number of hydrogen-bond donors (Lipinski definition) is 2. The van der Waals surface area contributed by atoms with E-state index in [1.54, 1.807) is 12.1 Å². The van der Waals surface area contributed by atoms with E-state index < -0.39 is 11.9 Å². The van der Waals surface area contributed by atoms with Crippen molar-refractivity contribution in [2.45, 2.75) is 12.8 Å². The molecule has 0 aromatic heterocycles. The van der Waals surface area contributed by atoms with Crippen LogP contribution in [0.15, 0.2) is 72.8 Å². The van der Waals surface area contributed by atoms with Gasteiger partial charge in [0.15, 0.2) is 0 Å². The molecule has 0 unspecified atom stereocenters. The predicted octanol–water partition coefficient (Wildman–Crippen LogP) is 5.17. The smallest absolute Gasteiger partial charge is 0.336 e. The Morgan fingerprint density at radius 2 is 0.964 bits per heavy atom. The third kappa shape index (κ3) is 3.09. The van der Waals surface area contributed by atoms with Crippen LogP contribution >= 0.6 is 0 Å². The van der Waals surface area contributed by atoms with Gasteiger partial charge in [-0.3, -0.25) is 0 Å². The topological polar surface area (TPSA) is 74.6 Å². The first-order chi connectivity index (χ1) is 13.6. The molecule has 2 N–H and O–H groups in total. The molecule has 4 nitrogen and oxygen atoms in total. The molecule has 0 bridgehead atoms. The minimum Gasteiger partial charge on any atom is -0.478 e. The molecular weight excluding hydrogens is 352 g/mol. The van der Waals surface area contributed by atoms with Crippen molar-refractivity contribution in [1.82, 2.24) is 0 Å². The van der Waals surface area contributed by atoms with Gasteiger partial charge in [0, 0.05) is 0 Å². The number of benzene rings is 4. The van der Waals surface area contributed by atoms with Crippen molar-refractivity contribution >= 4 is 33.5 Å². The Balaban J connectivity index is 1.76. The lowest BCUT2D eigenvalue weighted by Crippen LogP contribution is -2.08. The minimum absolute atomic E-state index is 0.288. The third-order valence-electron chi connectivity index (χ3n) is 5.12. The Labute approximate surface area is 161 Å². The SMILES string of the molecule is O=C(O)c1c(CCc2ccc3ccccc3c2C(=O)O)ccc2ccccc12.